The highest BCUT2D eigenvalue weighted by Crippen LogP contribution is 2.42. The second-order valence-electron chi connectivity index (χ2n) is 4.76. The molecule has 3 rings (SSSR count). The van der Waals surface area contributed by atoms with E-state index in [-0.39, 0.29) is 11.5 Å². The maximum Gasteiger partial charge on any atom is 0.266 e. The van der Waals surface area contributed by atoms with Crippen LogP contribution in [0.15, 0.2) is 46.2 Å². The Morgan fingerprint density at radius 1 is 1.26 bits per heavy atom. The molecular formula is C16H10NO5S-. The lowest BCUT2D eigenvalue weighted by Gasteiger charge is -2.13. The molecule has 0 atom stereocenters. The Morgan fingerprint density at radius 3 is 2.65 bits per heavy atom. The smallest absolute Gasteiger partial charge is 0.266 e. The Labute approximate surface area is 135 Å². The number of thioether (sulfide) groups is 1. The number of Topliss-reactive ketones (excluding diaryl/α,β-unsaturated/α-hetero) is 1. The maximum absolute atomic E-state index is 12.3. The molecule has 23 heavy (non-hydrogen) atoms. The molecule has 1 aliphatic heterocycles. The maximum atomic E-state index is 12.3. The zero-order chi connectivity index (χ0) is 16.6. The van der Waals surface area contributed by atoms with Crippen molar-refractivity contribution in [2.24, 2.45) is 0 Å². The summed E-state index contributed by atoms with van der Waals surface area (Å²) >= 11 is 1.29. The van der Waals surface area contributed by atoms with Crippen molar-refractivity contribution in [1.82, 2.24) is 0 Å². The van der Waals surface area contributed by atoms with Gasteiger partial charge >= 0.3 is 0 Å². The number of carbonyl (C=O) groups excluding carboxylic acids is 1. The first-order chi connectivity index (χ1) is 11.0. The molecule has 0 saturated heterocycles. The predicted octanol–water partition coefficient (Wildman–Crippen LogP) is 3.01. The van der Waals surface area contributed by atoms with Crippen LogP contribution in [0, 0.1) is 10.1 Å². The second kappa shape index (κ2) is 5.77. The number of hydrogen-bond acceptors (Lipinski definition) is 6. The molecule has 0 N–H and O–H groups in total. The number of fused-ring (bicyclic) bond motifs is 1. The largest absolute Gasteiger partial charge is 0.865 e. The average Bonchev–Trinajstić information content (AvgIpc) is 2.85. The van der Waals surface area contributed by atoms with E-state index in [4.69, 9.17) is 4.74 Å². The van der Waals surface area contributed by atoms with Crippen molar-refractivity contribution in [3.63, 3.8) is 0 Å². The summed E-state index contributed by atoms with van der Waals surface area (Å²) < 4.78 is 4.89. The van der Waals surface area contributed by atoms with Crippen LogP contribution in [0.25, 0.3) is 6.08 Å². The molecule has 0 saturated carbocycles. The zero-order valence-corrected chi connectivity index (χ0v) is 12.8. The van der Waals surface area contributed by atoms with Gasteiger partial charge in [0.15, 0.2) is 0 Å². The van der Waals surface area contributed by atoms with Gasteiger partial charge in [0.25, 0.3) is 5.69 Å². The second-order valence-corrected chi connectivity index (χ2v) is 5.85. The highest BCUT2D eigenvalue weighted by molar-refractivity contribution is 8.04. The molecular weight excluding hydrogens is 318 g/mol. The Bertz CT molecular complexity index is 860. The number of nitrogens with zero attached hydrogens (tertiary/aromatic N) is 1. The van der Waals surface area contributed by atoms with Gasteiger partial charge in [-0.2, -0.15) is 0 Å². The van der Waals surface area contributed by atoms with Gasteiger partial charge < -0.3 is 9.84 Å². The molecule has 0 aliphatic carbocycles. The van der Waals surface area contributed by atoms with Crippen LogP contribution in [0.4, 0.5) is 5.69 Å². The molecule has 0 spiro atoms. The molecule has 116 valence electrons. The van der Waals surface area contributed by atoms with Crippen molar-refractivity contribution in [1.29, 1.82) is 0 Å². The third-order valence-corrected chi connectivity index (χ3v) is 4.45. The molecule has 0 unspecified atom stereocenters. The summed E-state index contributed by atoms with van der Waals surface area (Å²) in [5.74, 6) is -1.05. The summed E-state index contributed by atoms with van der Waals surface area (Å²) in [6.45, 7) is 0. The summed E-state index contributed by atoms with van der Waals surface area (Å²) in [4.78, 5) is 23.8. The first-order valence-corrected chi connectivity index (χ1v) is 7.39. The number of ketones is 1. The van der Waals surface area contributed by atoms with E-state index in [0.29, 0.717) is 16.0 Å². The Hall–Kier alpha value is -2.80. The third kappa shape index (κ3) is 2.66. The van der Waals surface area contributed by atoms with Crippen LogP contribution < -0.4 is 9.84 Å². The highest BCUT2D eigenvalue weighted by Gasteiger charge is 2.25. The zero-order valence-electron chi connectivity index (χ0n) is 11.9. The molecule has 7 heteroatoms. The molecule has 6 nitrogen and oxygen atoms in total. The van der Waals surface area contributed by atoms with E-state index in [1.165, 1.54) is 31.0 Å². The van der Waals surface area contributed by atoms with Gasteiger partial charge in [-0.25, -0.2) is 0 Å². The van der Waals surface area contributed by atoms with Crippen LogP contribution in [0.5, 0.6) is 11.5 Å². The minimum Gasteiger partial charge on any atom is -0.865 e. The summed E-state index contributed by atoms with van der Waals surface area (Å²) in [6.07, 6.45) is 1.53. The summed E-state index contributed by atoms with van der Waals surface area (Å²) in [6, 6.07) is 9.72. The van der Waals surface area contributed by atoms with Crippen LogP contribution in [0.3, 0.4) is 0 Å². The molecule has 1 aliphatic rings. The molecule has 0 radical (unpaired) electrons. The fourth-order valence-corrected chi connectivity index (χ4v) is 3.32. The number of hydrogen-bond donors (Lipinski definition) is 0. The molecule has 0 fully saturated rings. The Morgan fingerprint density at radius 2 is 2.00 bits per heavy atom. The van der Waals surface area contributed by atoms with Crippen LogP contribution in [0.2, 0.25) is 0 Å². The number of benzene rings is 2. The number of ether oxygens (including phenoxy) is 1. The van der Waals surface area contributed by atoms with Crippen molar-refractivity contribution < 1.29 is 19.6 Å². The van der Waals surface area contributed by atoms with Gasteiger partial charge in [0.1, 0.15) is 5.75 Å². The molecule has 0 aromatic heterocycles. The number of nitro groups is 1. The summed E-state index contributed by atoms with van der Waals surface area (Å²) in [7, 11) is 1.27. The summed E-state index contributed by atoms with van der Waals surface area (Å²) in [5, 5.41) is 22.8. The van der Waals surface area contributed by atoms with Gasteiger partial charge in [-0.3, -0.25) is 14.9 Å². The predicted molar refractivity (Wildman–Crippen MR) is 83.7 cm³/mol. The van der Waals surface area contributed by atoms with Crippen LogP contribution in [0.1, 0.15) is 15.9 Å². The first kappa shape index (κ1) is 15.1. The van der Waals surface area contributed by atoms with Crippen molar-refractivity contribution in [3.05, 3.63) is 62.5 Å². The highest BCUT2D eigenvalue weighted by atomic mass is 32.2. The SMILES string of the molecule is COc1cc(/C=C2\Sc3ccccc3C2=O)cc([N+](=O)[O-])c1[O-]. The van der Waals surface area contributed by atoms with E-state index < -0.39 is 16.4 Å². The summed E-state index contributed by atoms with van der Waals surface area (Å²) in [5.41, 5.74) is 0.395. The minimum atomic E-state index is -0.784. The minimum absolute atomic E-state index is 0.126. The fraction of sp³-hybridized carbons (Fsp3) is 0.0625. The van der Waals surface area contributed by atoms with Gasteiger partial charge in [0.05, 0.1) is 16.9 Å². The topological polar surface area (TPSA) is 92.5 Å². The van der Waals surface area contributed by atoms with Crippen molar-refractivity contribution in [2.45, 2.75) is 4.90 Å². The van der Waals surface area contributed by atoms with Gasteiger partial charge in [-0.1, -0.05) is 23.9 Å². The van der Waals surface area contributed by atoms with Crippen LogP contribution in [-0.4, -0.2) is 17.8 Å². The number of nitro benzene ring substituents is 1. The van der Waals surface area contributed by atoms with Gasteiger partial charge in [0, 0.05) is 22.3 Å². The van der Waals surface area contributed by atoms with Crippen LogP contribution in [-0.2, 0) is 0 Å². The molecule has 2 aromatic rings. The number of rotatable bonds is 3. The standard InChI is InChI=1S/C16H11NO5S/c1-22-12-7-9(6-11(16(12)19)17(20)21)8-14-15(18)10-4-2-3-5-13(10)23-14/h2-8,19H,1H3/p-1/b14-8-. The molecule has 1 heterocycles. The number of methoxy groups -OCH3 is 1. The van der Waals surface area contributed by atoms with E-state index in [9.17, 15) is 20.0 Å². The average molecular weight is 328 g/mol. The van der Waals surface area contributed by atoms with Gasteiger partial charge in [0.2, 0.25) is 5.78 Å². The Balaban J connectivity index is 2.06. The Kier molecular flexibility index (Phi) is 3.79. The van der Waals surface area contributed by atoms with E-state index in [2.05, 4.69) is 0 Å². The fourth-order valence-electron chi connectivity index (χ4n) is 2.27. The molecule has 2 aromatic carbocycles. The molecule has 0 bridgehead atoms. The van der Waals surface area contributed by atoms with E-state index in [1.807, 2.05) is 12.1 Å². The molecule has 0 amide bonds. The van der Waals surface area contributed by atoms with Crippen molar-refractivity contribution >= 4 is 29.3 Å². The van der Waals surface area contributed by atoms with Gasteiger partial charge in [-0.05, 0) is 29.8 Å². The lowest BCUT2D eigenvalue weighted by molar-refractivity contribution is -0.398. The quantitative estimate of drug-likeness (QED) is 0.488. The normalized spacial score (nSPS) is 14.8. The first-order valence-electron chi connectivity index (χ1n) is 6.58. The number of carbonyl (C=O) groups is 1. The number of allylic oxidation sites excluding steroid dienone is 1. The van der Waals surface area contributed by atoms with Crippen molar-refractivity contribution in [3.8, 4) is 11.5 Å². The van der Waals surface area contributed by atoms with E-state index in [0.717, 1.165) is 11.0 Å². The van der Waals surface area contributed by atoms with Crippen molar-refractivity contribution in [2.75, 3.05) is 7.11 Å². The third-order valence-electron chi connectivity index (χ3n) is 3.35. The lowest BCUT2D eigenvalue weighted by Crippen LogP contribution is -2.01. The van der Waals surface area contributed by atoms with E-state index in [1.54, 1.807) is 12.1 Å². The van der Waals surface area contributed by atoms with E-state index >= 15 is 0 Å². The monoisotopic (exact) mass is 328 g/mol. The lowest BCUT2D eigenvalue weighted by atomic mass is 10.1. The van der Waals surface area contributed by atoms with Gasteiger partial charge in [-0.15, -0.1) is 0 Å². The van der Waals surface area contributed by atoms with Crippen LogP contribution >= 0.6 is 11.8 Å².